The van der Waals surface area contributed by atoms with E-state index in [0.29, 0.717) is 24.2 Å². The molecule has 0 saturated heterocycles. The topological polar surface area (TPSA) is 126 Å². The van der Waals surface area contributed by atoms with Crippen LogP contribution in [-0.4, -0.2) is 39.2 Å². The number of carbonyl (C=O) groups excluding carboxylic acids is 2. The van der Waals surface area contributed by atoms with Crippen LogP contribution in [0.2, 0.25) is 0 Å². The van der Waals surface area contributed by atoms with E-state index in [2.05, 4.69) is 5.32 Å². The number of anilines is 1. The van der Waals surface area contributed by atoms with E-state index in [-0.39, 0.29) is 42.2 Å². The van der Waals surface area contributed by atoms with Crippen LogP contribution in [0, 0.1) is 0 Å². The number of methoxy groups -OCH3 is 2. The van der Waals surface area contributed by atoms with Crippen LogP contribution in [0.3, 0.4) is 0 Å². The third kappa shape index (κ3) is 6.24. The number of hydrogen-bond donors (Lipinski definition) is 3. The fourth-order valence-electron chi connectivity index (χ4n) is 2.40. The Morgan fingerprint density at radius 1 is 1.04 bits per heavy atom. The zero-order valence-corrected chi connectivity index (χ0v) is 16.5. The molecule has 9 heteroatoms. The molecule has 2 amide bonds. The molecule has 0 aliphatic rings. The van der Waals surface area contributed by atoms with Gasteiger partial charge in [-0.25, -0.2) is 0 Å². The van der Waals surface area contributed by atoms with Crippen molar-refractivity contribution in [3.63, 3.8) is 0 Å². The summed E-state index contributed by atoms with van der Waals surface area (Å²) >= 11 is 0. The van der Waals surface area contributed by atoms with Gasteiger partial charge in [-0.3, -0.25) is 9.59 Å². The van der Waals surface area contributed by atoms with Crippen LogP contribution >= 0.6 is 12.4 Å². The summed E-state index contributed by atoms with van der Waals surface area (Å²) in [5.74, 6) is -0.192. The van der Waals surface area contributed by atoms with Crippen LogP contribution in [0.1, 0.15) is 15.9 Å². The molecule has 0 unspecified atom stereocenters. The largest absolute Gasteiger partial charge is 0.493 e. The van der Waals surface area contributed by atoms with Gasteiger partial charge in [-0.05, 0) is 36.2 Å². The normalized spacial score (nSPS) is 9.79. The monoisotopic (exact) mass is 409 g/mol. The average molecular weight is 410 g/mol. The van der Waals surface area contributed by atoms with E-state index in [4.69, 9.17) is 25.7 Å². The van der Waals surface area contributed by atoms with E-state index in [9.17, 15) is 9.59 Å². The molecule has 2 aromatic carbocycles. The lowest BCUT2D eigenvalue weighted by Crippen LogP contribution is -2.26. The van der Waals surface area contributed by atoms with Crippen LogP contribution in [0.25, 0.3) is 0 Å². The Hall–Kier alpha value is -3.13. The number of halogens is 1. The van der Waals surface area contributed by atoms with Crippen LogP contribution in [0.5, 0.6) is 17.2 Å². The number of nitrogens with two attached hydrogens (primary N) is 2. The van der Waals surface area contributed by atoms with Gasteiger partial charge in [-0.1, -0.05) is 12.1 Å². The summed E-state index contributed by atoms with van der Waals surface area (Å²) in [4.78, 5) is 23.4. The fourth-order valence-corrected chi connectivity index (χ4v) is 2.40. The van der Waals surface area contributed by atoms with Gasteiger partial charge < -0.3 is 31.0 Å². The van der Waals surface area contributed by atoms with Crippen molar-refractivity contribution in [2.75, 3.05) is 33.1 Å². The van der Waals surface area contributed by atoms with E-state index in [1.54, 1.807) is 0 Å². The van der Waals surface area contributed by atoms with Crippen molar-refractivity contribution in [2.45, 2.75) is 6.42 Å². The average Bonchev–Trinajstić information content (AvgIpc) is 2.66. The maximum Gasteiger partial charge on any atom is 0.255 e. The third-order valence-corrected chi connectivity index (χ3v) is 3.76. The second-order valence-corrected chi connectivity index (χ2v) is 5.71. The smallest absolute Gasteiger partial charge is 0.255 e. The third-order valence-electron chi connectivity index (χ3n) is 3.76. The maximum absolute atomic E-state index is 12.4. The van der Waals surface area contributed by atoms with E-state index in [1.165, 1.54) is 26.4 Å². The molecular weight excluding hydrogens is 386 g/mol. The molecule has 0 atom stereocenters. The Balaban J connectivity index is 0.00000392. The number of primary amides is 1. The minimum atomic E-state index is -0.636. The first-order valence-electron chi connectivity index (χ1n) is 8.24. The standard InChI is InChI=1S/C19H23N3O5.ClH/c1-25-15-9-13(10-16(26-2)18(15)27-11-17(21)23)19(24)22-8-7-12-3-5-14(20)6-4-12;/h3-6,9-10H,7-8,11,20H2,1-2H3,(H2,21,23)(H,22,24);1H. The number of nitrogen functional groups attached to an aromatic ring is 1. The summed E-state index contributed by atoms with van der Waals surface area (Å²) in [5.41, 5.74) is 12.9. The Bertz CT molecular complexity index is 787. The molecule has 2 rings (SSSR count). The first-order chi connectivity index (χ1) is 12.9. The first kappa shape index (κ1) is 22.9. The highest BCUT2D eigenvalue weighted by molar-refractivity contribution is 5.95. The number of hydrogen-bond acceptors (Lipinski definition) is 6. The molecule has 0 fully saturated rings. The molecule has 0 bridgehead atoms. The fraction of sp³-hybridized carbons (Fsp3) is 0.263. The Kier molecular flexibility index (Phi) is 8.90. The molecule has 0 aliphatic carbocycles. The number of carbonyl (C=O) groups is 2. The Labute approximate surface area is 169 Å². The van der Waals surface area contributed by atoms with Crippen LogP contribution in [-0.2, 0) is 11.2 Å². The van der Waals surface area contributed by atoms with E-state index < -0.39 is 5.91 Å². The van der Waals surface area contributed by atoms with Gasteiger partial charge in [0.25, 0.3) is 11.8 Å². The Morgan fingerprint density at radius 2 is 1.61 bits per heavy atom. The molecule has 0 heterocycles. The molecule has 8 nitrogen and oxygen atoms in total. The van der Waals surface area contributed by atoms with Crippen molar-refractivity contribution < 1.29 is 23.8 Å². The van der Waals surface area contributed by atoms with Gasteiger partial charge in [0.1, 0.15) is 0 Å². The zero-order chi connectivity index (χ0) is 19.8. The van der Waals surface area contributed by atoms with Gasteiger partial charge in [0.05, 0.1) is 14.2 Å². The van der Waals surface area contributed by atoms with E-state index >= 15 is 0 Å². The molecule has 5 N–H and O–H groups in total. The molecular formula is C19H24ClN3O5. The summed E-state index contributed by atoms with van der Waals surface area (Å²) in [5, 5.41) is 2.84. The summed E-state index contributed by atoms with van der Waals surface area (Å²) in [6.45, 7) is 0.118. The predicted molar refractivity (Wildman–Crippen MR) is 108 cm³/mol. The molecule has 0 spiro atoms. The molecule has 0 saturated carbocycles. The van der Waals surface area contributed by atoms with Crippen molar-refractivity contribution in [1.29, 1.82) is 0 Å². The highest BCUT2D eigenvalue weighted by atomic mass is 35.5. The van der Waals surface area contributed by atoms with Crippen molar-refractivity contribution in [2.24, 2.45) is 5.73 Å². The lowest BCUT2D eigenvalue weighted by atomic mass is 10.1. The molecule has 0 aromatic heterocycles. The van der Waals surface area contributed by atoms with Gasteiger partial charge in [-0.15, -0.1) is 12.4 Å². The number of ether oxygens (including phenoxy) is 3. The summed E-state index contributed by atoms with van der Waals surface area (Å²) < 4.78 is 15.8. The predicted octanol–water partition coefficient (Wildman–Crippen LogP) is 1.54. The first-order valence-corrected chi connectivity index (χ1v) is 8.24. The Morgan fingerprint density at radius 3 is 2.11 bits per heavy atom. The molecule has 152 valence electrons. The molecule has 0 aliphatic heterocycles. The summed E-state index contributed by atoms with van der Waals surface area (Å²) in [7, 11) is 2.85. The van der Waals surface area contributed by atoms with Crippen molar-refractivity contribution in [1.82, 2.24) is 5.32 Å². The van der Waals surface area contributed by atoms with E-state index in [0.717, 1.165) is 5.56 Å². The maximum atomic E-state index is 12.4. The molecule has 28 heavy (non-hydrogen) atoms. The quantitative estimate of drug-likeness (QED) is 0.539. The number of rotatable bonds is 9. The second kappa shape index (κ2) is 10.9. The lowest BCUT2D eigenvalue weighted by molar-refractivity contribution is -0.120. The minimum Gasteiger partial charge on any atom is -0.493 e. The van der Waals surface area contributed by atoms with E-state index in [1.807, 2.05) is 24.3 Å². The summed E-state index contributed by atoms with van der Waals surface area (Å²) in [6.07, 6.45) is 0.667. The van der Waals surface area contributed by atoms with Gasteiger partial charge in [-0.2, -0.15) is 0 Å². The highest BCUT2D eigenvalue weighted by Crippen LogP contribution is 2.38. The molecule has 0 radical (unpaired) electrons. The number of amides is 2. The van der Waals surface area contributed by atoms with Crippen molar-refractivity contribution in [3.05, 3.63) is 47.5 Å². The van der Waals surface area contributed by atoms with Gasteiger partial charge in [0.15, 0.2) is 18.1 Å². The van der Waals surface area contributed by atoms with Gasteiger partial charge in [0, 0.05) is 17.8 Å². The van der Waals surface area contributed by atoms with Crippen molar-refractivity contribution in [3.8, 4) is 17.2 Å². The zero-order valence-electron chi connectivity index (χ0n) is 15.7. The highest BCUT2D eigenvalue weighted by Gasteiger charge is 2.18. The van der Waals surface area contributed by atoms with Crippen LogP contribution < -0.4 is 31.0 Å². The number of benzene rings is 2. The number of nitrogens with one attached hydrogen (secondary N) is 1. The lowest BCUT2D eigenvalue weighted by Gasteiger charge is -2.15. The van der Waals surface area contributed by atoms with Gasteiger partial charge in [0.2, 0.25) is 5.75 Å². The van der Waals surface area contributed by atoms with Crippen LogP contribution in [0.4, 0.5) is 5.69 Å². The summed E-state index contributed by atoms with van der Waals surface area (Å²) in [6, 6.07) is 10.5. The van der Waals surface area contributed by atoms with Crippen molar-refractivity contribution >= 4 is 29.9 Å². The SMILES string of the molecule is COc1cc(C(=O)NCCc2ccc(N)cc2)cc(OC)c1OCC(N)=O.Cl. The minimum absolute atomic E-state index is 0. The van der Waals surface area contributed by atoms with Crippen LogP contribution in [0.15, 0.2) is 36.4 Å². The molecule has 2 aromatic rings. The van der Waals surface area contributed by atoms with Gasteiger partial charge >= 0.3 is 0 Å². The second-order valence-electron chi connectivity index (χ2n) is 5.71.